The van der Waals surface area contributed by atoms with Crippen molar-refractivity contribution in [3.05, 3.63) is 16.6 Å². The number of nitrogens with one attached hydrogen (secondary N) is 1. The van der Waals surface area contributed by atoms with E-state index in [1.165, 1.54) is 11.3 Å². The maximum atomic E-state index is 9.84. The molecule has 1 aromatic heterocycles. The Balaban J connectivity index is 2.04. The van der Waals surface area contributed by atoms with E-state index in [0.29, 0.717) is 5.92 Å². The molecular formula is C8H12N2OS. The first kappa shape index (κ1) is 8.16. The van der Waals surface area contributed by atoms with Crippen molar-refractivity contribution in [2.75, 3.05) is 13.1 Å². The number of rotatable bonds is 2. The third-order valence-electron chi connectivity index (χ3n) is 2.29. The number of nitrogens with zero attached hydrogens (tertiary/aromatic N) is 1. The molecule has 1 unspecified atom stereocenters. The van der Waals surface area contributed by atoms with E-state index in [-0.39, 0.29) is 6.10 Å². The lowest BCUT2D eigenvalue weighted by molar-refractivity contribution is 0.121. The maximum absolute atomic E-state index is 9.84. The fourth-order valence-corrected chi connectivity index (χ4v) is 2.25. The molecule has 2 heterocycles. The zero-order valence-corrected chi connectivity index (χ0v) is 7.55. The minimum Gasteiger partial charge on any atom is -0.387 e. The minimum absolute atomic E-state index is 0.313. The average molecular weight is 184 g/mol. The highest BCUT2D eigenvalue weighted by atomic mass is 32.1. The zero-order chi connectivity index (χ0) is 8.39. The van der Waals surface area contributed by atoms with Crippen LogP contribution in [0, 0.1) is 5.92 Å². The van der Waals surface area contributed by atoms with E-state index in [9.17, 15) is 5.11 Å². The van der Waals surface area contributed by atoms with Crippen molar-refractivity contribution < 1.29 is 5.11 Å². The van der Waals surface area contributed by atoms with E-state index in [2.05, 4.69) is 10.3 Å². The molecular weight excluding hydrogens is 172 g/mol. The predicted octanol–water partition coefficient (Wildman–Crippen LogP) is 0.786. The van der Waals surface area contributed by atoms with Crippen molar-refractivity contribution in [2.24, 2.45) is 5.92 Å². The number of thiazole rings is 1. The maximum Gasteiger partial charge on any atom is 0.0938 e. The second-order valence-corrected chi connectivity index (χ2v) is 4.02. The molecule has 0 aliphatic carbocycles. The molecule has 3 nitrogen and oxygen atoms in total. The standard InChI is InChI=1S/C8H12N2OS/c11-8(6-1-2-9-3-6)7-4-10-5-12-7/h4-6,8-9,11H,1-3H2/t6-,8?/m0/s1. The van der Waals surface area contributed by atoms with Gasteiger partial charge in [0.15, 0.2) is 0 Å². The van der Waals surface area contributed by atoms with Crippen LogP contribution in [-0.4, -0.2) is 23.2 Å². The summed E-state index contributed by atoms with van der Waals surface area (Å²) in [4.78, 5) is 4.94. The van der Waals surface area contributed by atoms with Crippen LogP contribution < -0.4 is 5.32 Å². The van der Waals surface area contributed by atoms with Crippen LogP contribution in [0.1, 0.15) is 17.4 Å². The number of hydrogen-bond donors (Lipinski definition) is 2. The topological polar surface area (TPSA) is 45.2 Å². The molecule has 1 fully saturated rings. The van der Waals surface area contributed by atoms with Gasteiger partial charge in [0.05, 0.1) is 16.5 Å². The summed E-state index contributed by atoms with van der Waals surface area (Å²) >= 11 is 1.53. The molecule has 1 saturated heterocycles. The van der Waals surface area contributed by atoms with Crippen molar-refractivity contribution in [3.8, 4) is 0 Å². The summed E-state index contributed by atoms with van der Waals surface area (Å²) in [6, 6.07) is 0. The summed E-state index contributed by atoms with van der Waals surface area (Å²) in [5.74, 6) is 0.380. The van der Waals surface area contributed by atoms with Gasteiger partial charge in [-0.3, -0.25) is 4.98 Å². The molecule has 1 aliphatic rings. The van der Waals surface area contributed by atoms with Gasteiger partial charge in [-0.2, -0.15) is 0 Å². The Morgan fingerprint density at radius 1 is 1.75 bits per heavy atom. The van der Waals surface area contributed by atoms with Crippen molar-refractivity contribution in [2.45, 2.75) is 12.5 Å². The van der Waals surface area contributed by atoms with Crippen LogP contribution in [0.25, 0.3) is 0 Å². The second kappa shape index (κ2) is 3.51. The molecule has 4 heteroatoms. The molecule has 1 aromatic rings. The fourth-order valence-electron chi connectivity index (χ4n) is 1.55. The van der Waals surface area contributed by atoms with Crippen molar-refractivity contribution in [3.63, 3.8) is 0 Å². The van der Waals surface area contributed by atoms with E-state index in [4.69, 9.17) is 0 Å². The van der Waals surface area contributed by atoms with Crippen LogP contribution in [0.15, 0.2) is 11.7 Å². The Morgan fingerprint density at radius 3 is 3.25 bits per heavy atom. The first-order chi connectivity index (χ1) is 5.88. The van der Waals surface area contributed by atoms with Crippen LogP contribution in [0.2, 0.25) is 0 Å². The van der Waals surface area contributed by atoms with Crippen molar-refractivity contribution in [1.82, 2.24) is 10.3 Å². The van der Waals surface area contributed by atoms with E-state index < -0.39 is 0 Å². The molecule has 12 heavy (non-hydrogen) atoms. The van der Waals surface area contributed by atoms with Gasteiger partial charge in [0, 0.05) is 18.7 Å². The van der Waals surface area contributed by atoms with Gasteiger partial charge in [0.1, 0.15) is 0 Å². The molecule has 0 aromatic carbocycles. The van der Waals surface area contributed by atoms with Gasteiger partial charge < -0.3 is 10.4 Å². The lowest BCUT2D eigenvalue weighted by atomic mass is 10.0. The highest BCUT2D eigenvalue weighted by molar-refractivity contribution is 7.09. The Labute approximate surface area is 75.5 Å². The third-order valence-corrected chi connectivity index (χ3v) is 3.13. The molecule has 2 rings (SSSR count). The molecule has 2 atom stereocenters. The first-order valence-corrected chi connectivity index (χ1v) is 5.03. The number of hydrogen-bond acceptors (Lipinski definition) is 4. The van der Waals surface area contributed by atoms with Crippen molar-refractivity contribution >= 4 is 11.3 Å². The molecule has 0 saturated carbocycles. The van der Waals surface area contributed by atoms with Gasteiger partial charge in [-0.15, -0.1) is 11.3 Å². The summed E-state index contributed by atoms with van der Waals surface area (Å²) in [5.41, 5.74) is 1.76. The monoisotopic (exact) mass is 184 g/mol. The zero-order valence-electron chi connectivity index (χ0n) is 6.73. The van der Waals surface area contributed by atoms with Gasteiger partial charge >= 0.3 is 0 Å². The fraction of sp³-hybridized carbons (Fsp3) is 0.625. The Bertz CT molecular complexity index is 231. The van der Waals surface area contributed by atoms with Gasteiger partial charge in [0.2, 0.25) is 0 Å². The Morgan fingerprint density at radius 2 is 2.67 bits per heavy atom. The van der Waals surface area contributed by atoms with Crippen LogP contribution in [0.3, 0.4) is 0 Å². The van der Waals surface area contributed by atoms with Crippen LogP contribution in [0.5, 0.6) is 0 Å². The average Bonchev–Trinajstić information content (AvgIpc) is 2.77. The number of aliphatic hydroxyl groups excluding tert-OH is 1. The minimum atomic E-state index is -0.313. The molecule has 0 amide bonds. The van der Waals surface area contributed by atoms with Crippen LogP contribution >= 0.6 is 11.3 Å². The first-order valence-electron chi connectivity index (χ1n) is 4.15. The SMILES string of the molecule is OC(c1cncs1)[C@H]1CCNC1. The summed E-state index contributed by atoms with van der Waals surface area (Å²) in [6.07, 6.45) is 2.51. The van der Waals surface area contributed by atoms with E-state index in [0.717, 1.165) is 24.4 Å². The van der Waals surface area contributed by atoms with Gasteiger partial charge in [0.25, 0.3) is 0 Å². The molecule has 2 N–H and O–H groups in total. The molecule has 0 radical (unpaired) electrons. The van der Waals surface area contributed by atoms with Gasteiger partial charge in [-0.05, 0) is 13.0 Å². The highest BCUT2D eigenvalue weighted by Gasteiger charge is 2.24. The normalized spacial score (nSPS) is 25.9. The molecule has 1 aliphatic heterocycles. The summed E-state index contributed by atoms with van der Waals surface area (Å²) in [7, 11) is 0. The van der Waals surface area contributed by atoms with E-state index >= 15 is 0 Å². The Kier molecular flexibility index (Phi) is 2.39. The molecule has 66 valence electrons. The quantitative estimate of drug-likeness (QED) is 0.714. The second-order valence-electron chi connectivity index (χ2n) is 3.10. The summed E-state index contributed by atoms with van der Waals surface area (Å²) < 4.78 is 0. The number of aromatic nitrogens is 1. The van der Waals surface area contributed by atoms with Crippen LogP contribution in [0.4, 0.5) is 0 Å². The molecule has 0 spiro atoms. The summed E-state index contributed by atoms with van der Waals surface area (Å²) in [5, 5.41) is 13.1. The third kappa shape index (κ3) is 1.50. The van der Waals surface area contributed by atoms with E-state index in [1.54, 1.807) is 11.7 Å². The van der Waals surface area contributed by atoms with Crippen LogP contribution in [-0.2, 0) is 0 Å². The van der Waals surface area contributed by atoms with Crippen molar-refractivity contribution in [1.29, 1.82) is 0 Å². The number of aliphatic hydroxyl groups is 1. The highest BCUT2D eigenvalue weighted by Crippen LogP contribution is 2.28. The smallest absolute Gasteiger partial charge is 0.0938 e. The van der Waals surface area contributed by atoms with Gasteiger partial charge in [-0.1, -0.05) is 0 Å². The lowest BCUT2D eigenvalue weighted by Gasteiger charge is -2.14. The van der Waals surface area contributed by atoms with Gasteiger partial charge in [-0.25, -0.2) is 0 Å². The van der Waals surface area contributed by atoms with E-state index in [1.807, 2.05) is 0 Å². The lowest BCUT2D eigenvalue weighted by Crippen LogP contribution is -2.15. The Hall–Kier alpha value is -0.450. The largest absolute Gasteiger partial charge is 0.387 e. The predicted molar refractivity (Wildman–Crippen MR) is 48.1 cm³/mol. The summed E-state index contributed by atoms with van der Waals surface area (Å²) in [6.45, 7) is 1.96. The molecule has 0 bridgehead atoms.